The number of hydrogen-bond donors (Lipinski definition) is 3. The standard InChI is InChI=1S/3C20H17N2.3C5H8O2.3Ir/c1-3-22-19-10-5-4-9-16(19)17-12-18(21-13-20(17)22)15-8-6-7-14(2)11-15;1-3-22-19-10-5-4-9-16(19)17-11-12-18(21-20(17)22)15-8-6-7-14(2)13-15;1-3-22-18-10-5-4-9-16(18)17-11-12-21-19(20(17)22)15-8-6-7-14(2)13-15;3*1-4(6)3-5(2)7;;;/h3*4-7,9-13H,3H2,1-2H3;3*3,6H,1-2H3;;;/q3*-1;;;;;;. The maximum absolute atomic E-state index is 10.0. The first-order valence-electron chi connectivity index (χ1n) is 28.9. The predicted molar refractivity (Wildman–Crippen MR) is 357 cm³/mol. The Morgan fingerprint density at radius 1 is 0.433 bits per heavy atom. The largest absolute Gasteiger partial charge is 0.512 e. The molecule has 0 unspecified atom stereocenters. The van der Waals surface area contributed by atoms with Gasteiger partial charge in [-0.1, -0.05) is 93.6 Å². The van der Waals surface area contributed by atoms with Crippen molar-refractivity contribution in [3.8, 4) is 33.8 Å². The molecule has 0 amide bonds. The van der Waals surface area contributed by atoms with Crippen LogP contribution in [0.4, 0.5) is 0 Å². The van der Waals surface area contributed by atoms with Crippen molar-refractivity contribution in [2.45, 2.75) is 103 Å². The van der Waals surface area contributed by atoms with Crippen LogP contribution < -0.4 is 0 Å². The molecule has 0 saturated heterocycles. The average molecular weight is 1730 g/mol. The van der Waals surface area contributed by atoms with E-state index in [1.165, 1.54) is 136 Å². The van der Waals surface area contributed by atoms with Crippen LogP contribution in [0.3, 0.4) is 0 Å². The number of allylic oxidation sites excluding steroid dienone is 6. The number of ketones is 3. The molecule has 0 atom stereocenters. The van der Waals surface area contributed by atoms with Crippen LogP contribution in [0.2, 0.25) is 0 Å². The number of rotatable bonds is 9. The van der Waals surface area contributed by atoms with Gasteiger partial charge in [-0.2, -0.15) is 0 Å². The molecule has 15 heteroatoms. The topological polar surface area (TPSA) is 165 Å². The zero-order chi connectivity index (χ0) is 62.9. The summed E-state index contributed by atoms with van der Waals surface area (Å²) in [5.74, 6) is -0.187. The van der Waals surface area contributed by atoms with E-state index in [0.29, 0.717) is 0 Å². The van der Waals surface area contributed by atoms with Crippen molar-refractivity contribution >= 4 is 82.9 Å². The first kappa shape index (κ1) is 74.2. The quantitative estimate of drug-likeness (QED) is 0.0724. The van der Waals surface area contributed by atoms with Crippen molar-refractivity contribution in [1.29, 1.82) is 0 Å². The Hall–Kier alpha value is -8.25. The zero-order valence-electron chi connectivity index (χ0n) is 52.7. The van der Waals surface area contributed by atoms with Gasteiger partial charge in [0.15, 0.2) is 17.3 Å². The van der Waals surface area contributed by atoms with Crippen molar-refractivity contribution in [2.75, 3.05) is 0 Å². The fourth-order valence-electron chi connectivity index (χ4n) is 10.4. The van der Waals surface area contributed by atoms with E-state index >= 15 is 0 Å². The second-order valence-corrected chi connectivity index (χ2v) is 21.0. The fraction of sp³-hybridized carbons (Fsp3) is 0.200. The molecule has 12 aromatic rings. The van der Waals surface area contributed by atoms with Crippen LogP contribution in [-0.2, 0) is 94.3 Å². The Bertz CT molecular complexity index is 4440. The molecule has 3 N–H and O–H groups in total. The minimum absolute atomic E-state index is 0. The summed E-state index contributed by atoms with van der Waals surface area (Å²) in [6.07, 6.45) is 7.39. The minimum atomic E-state index is -0.125. The summed E-state index contributed by atoms with van der Waals surface area (Å²) in [7, 11) is 0. The van der Waals surface area contributed by atoms with E-state index in [2.05, 4.69) is 217 Å². The normalized spacial score (nSPS) is 11.0. The number of aliphatic hydroxyl groups is 3. The Labute approximate surface area is 568 Å². The zero-order valence-corrected chi connectivity index (χ0v) is 59.9. The maximum Gasteiger partial charge on any atom is 0.155 e. The number of aromatic nitrogens is 6. The Balaban J connectivity index is 0.000000245. The molecule has 6 heterocycles. The number of benzene rings is 6. The second kappa shape index (κ2) is 35.2. The van der Waals surface area contributed by atoms with E-state index in [0.717, 1.165) is 59.1 Å². The van der Waals surface area contributed by atoms with Gasteiger partial charge in [0.05, 0.1) is 28.3 Å². The Morgan fingerprint density at radius 3 is 1.29 bits per heavy atom. The molecular weight excluding hydrogens is 1660 g/mol. The molecule has 0 spiro atoms. The third-order valence-corrected chi connectivity index (χ3v) is 13.8. The molecule has 0 bridgehead atoms. The molecule has 12 nitrogen and oxygen atoms in total. The number of pyridine rings is 3. The molecule has 12 rings (SSSR count). The number of carbonyl (C=O) groups is 3. The number of fused-ring (bicyclic) bond motifs is 9. The molecule has 6 aromatic carbocycles. The number of carbonyl (C=O) groups excluding carboxylic acids is 3. The molecule has 90 heavy (non-hydrogen) atoms. The smallest absolute Gasteiger partial charge is 0.155 e. The molecule has 0 aliphatic heterocycles. The summed E-state index contributed by atoms with van der Waals surface area (Å²) in [4.78, 5) is 44.3. The van der Waals surface area contributed by atoms with Gasteiger partial charge in [-0.15, -0.1) is 106 Å². The van der Waals surface area contributed by atoms with Gasteiger partial charge in [0.25, 0.3) is 0 Å². The van der Waals surface area contributed by atoms with E-state index in [4.69, 9.17) is 20.3 Å². The maximum atomic E-state index is 10.0. The van der Waals surface area contributed by atoms with Crippen molar-refractivity contribution in [3.05, 3.63) is 234 Å². The first-order chi connectivity index (χ1) is 41.7. The number of nitrogens with zero attached hydrogens (tertiary/aromatic N) is 6. The molecule has 0 fully saturated rings. The Kier molecular flexibility index (Phi) is 29.0. The van der Waals surface area contributed by atoms with Crippen LogP contribution >= 0.6 is 0 Å². The number of hydrogen-bond acceptors (Lipinski definition) is 9. The second-order valence-electron chi connectivity index (χ2n) is 21.0. The molecule has 471 valence electrons. The van der Waals surface area contributed by atoms with Crippen LogP contribution in [0.5, 0.6) is 0 Å². The van der Waals surface area contributed by atoms with Crippen LogP contribution in [0.1, 0.15) is 79.0 Å². The van der Waals surface area contributed by atoms with E-state index in [1.807, 2.05) is 30.6 Å². The van der Waals surface area contributed by atoms with Crippen LogP contribution in [0, 0.1) is 39.0 Å². The molecular formula is C75H75Ir3N6O6-3. The first-order valence-corrected chi connectivity index (χ1v) is 28.9. The molecule has 0 aliphatic rings. The minimum Gasteiger partial charge on any atom is -0.512 e. The summed E-state index contributed by atoms with van der Waals surface area (Å²) in [5.41, 5.74) is 17.1. The van der Waals surface area contributed by atoms with Crippen molar-refractivity contribution in [3.63, 3.8) is 0 Å². The van der Waals surface area contributed by atoms with Crippen LogP contribution in [0.25, 0.3) is 99.3 Å². The van der Waals surface area contributed by atoms with Gasteiger partial charge in [-0.05, 0) is 98.0 Å². The SMILES string of the molecule is CC(=O)C=C(C)O.CC(=O)C=C(C)O.CC(=O)C=C(C)O.CCn1c2ccccc2c2cc(-c3[c-]ccc(C)c3)ncc21.CCn1c2ccccc2c2ccc(-c3[c-]ccc(C)c3)nc21.CCn1c2ccccc2c2ccnc(-c3[c-]ccc(C)c3)c21.[Ir].[Ir].[Ir]. The number of aliphatic hydroxyl groups excluding tert-OH is 3. The van der Waals surface area contributed by atoms with Crippen molar-refractivity contribution in [1.82, 2.24) is 28.7 Å². The van der Waals surface area contributed by atoms with Crippen molar-refractivity contribution < 1.29 is 90.0 Å². The van der Waals surface area contributed by atoms with Crippen molar-refractivity contribution in [2.24, 2.45) is 0 Å². The van der Waals surface area contributed by atoms with E-state index < -0.39 is 0 Å². The summed E-state index contributed by atoms with van der Waals surface area (Å²) in [5, 5.41) is 32.7. The number of aryl methyl sites for hydroxylation is 6. The summed E-state index contributed by atoms with van der Waals surface area (Å²) < 4.78 is 6.95. The molecule has 3 radical (unpaired) electrons. The summed E-state index contributed by atoms with van der Waals surface area (Å²) in [6.45, 7) is 24.2. The molecule has 0 saturated carbocycles. The molecule has 0 aliphatic carbocycles. The molecule has 6 aromatic heterocycles. The van der Waals surface area contributed by atoms with E-state index in [1.54, 1.807) is 0 Å². The van der Waals surface area contributed by atoms with Gasteiger partial charge in [0.1, 0.15) is 5.65 Å². The third kappa shape index (κ3) is 19.1. The van der Waals surface area contributed by atoms with E-state index in [-0.39, 0.29) is 94.9 Å². The average Bonchev–Trinajstić information content (AvgIpc) is 1.64. The van der Waals surface area contributed by atoms with Gasteiger partial charge in [-0.3, -0.25) is 19.4 Å². The number of para-hydroxylation sites is 3. The van der Waals surface area contributed by atoms with Crippen LogP contribution in [0.15, 0.2) is 200 Å². The van der Waals surface area contributed by atoms with E-state index in [9.17, 15) is 14.4 Å². The fourth-order valence-corrected chi connectivity index (χ4v) is 10.4. The van der Waals surface area contributed by atoms with Gasteiger partial charge in [0, 0.05) is 165 Å². The predicted octanol–water partition coefficient (Wildman–Crippen LogP) is 18.1. The Morgan fingerprint density at radius 2 is 0.844 bits per heavy atom. The van der Waals surface area contributed by atoms with Crippen LogP contribution in [-0.4, -0.2) is 61.3 Å². The van der Waals surface area contributed by atoms with Gasteiger partial charge in [-0.25, -0.2) is 0 Å². The summed E-state index contributed by atoms with van der Waals surface area (Å²) >= 11 is 0. The van der Waals surface area contributed by atoms with Gasteiger partial charge >= 0.3 is 0 Å². The van der Waals surface area contributed by atoms with Gasteiger partial charge < -0.3 is 39.0 Å². The third-order valence-electron chi connectivity index (χ3n) is 13.8. The monoisotopic (exact) mass is 1730 g/mol. The summed E-state index contributed by atoms with van der Waals surface area (Å²) in [6, 6.07) is 62.6. The van der Waals surface area contributed by atoms with Gasteiger partial charge in [0.2, 0.25) is 0 Å².